The van der Waals surface area contributed by atoms with Crippen molar-refractivity contribution in [3.63, 3.8) is 0 Å². The molecule has 3 heterocycles. The van der Waals surface area contributed by atoms with Gasteiger partial charge in [0.05, 0.1) is 22.8 Å². The van der Waals surface area contributed by atoms with Gasteiger partial charge in [0.15, 0.2) is 0 Å². The first-order chi connectivity index (χ1) is 14.8. The van der Waals surface area contributed by atoms with Crippen LogP contribution in [0.2, 0.25) is 0 Å². The zero-order chi connectivity index (χ0) is 21.9. The second-order valence-electron chi connectivity index (χ2n) is 8.60. The van der Waals surface area contributed by atoms with E-state index in [2.05, 4.69) is 0 Å². The number of nitrogens with two attached hydrogens (primary N) is 1. The van der Waals surface area contributed by atoms with E-state index in [1.807, 2.05) is 0 Å². The molecule has 3 aliphatic rings. The van der Waals surface area contributed by atoms with Crippen LogP contribution in [0.3, 0.4) is 0 Å². The summed E-state index contributed by atoms with van der Waals surface area (Å²) in [5.74, 6) is -2.29. The van der Waals surface area contributed by atoms with Crippen molar-refractivity contribution in [2.24, 2.45) is 17.6 Å². The van der Waals surface area contributed by atoms with E-state index >= 15 is 4.39 Å². The summed E-state index contributed by atoms with van der Waals surface area (Å²) in [6, 6.07) is 2.40. The number of nitrogens with zero attached hydrogens (tertiary/aromatic N) is 2. The third-order valence-electron chi connectivity index (χ3n) is 6.66. The van der Waals surface area contributed by atoms with E-state index in [1.165, 1.54) is 6.07 Å². The van der Waals surface area contributed by atoms with Gasteiger partial charge in [0.1, 0.15) is 17.0 Å². The molecule has 2 aliphatic heterocycles. The number of rotatable bonds is 6. The molecule has 1 saturated carbocycles. The quantitative estimate of drug-likeness (QED) is 0.663. The van der Waals surface area contributed by atoms with Crippen molar-refractivity contribution in [2.75, 3.05) is 31.1 Å². The maximum atomic E-state index is 15.1. The van der Waals surface area contributed by atoms with E-state index in [1.54, 1.807) is 4.90 Å². The van der Waals surface area contributed by atoms with Crippen LogP contribution in [0.15, 0.2) is 23.1 Å². The Balaban J connectivity index is 0.00000245. The molecule has 2 saturated heterocycles. The smallest absolute Gasteiger partial charge is 0.341 e. The summed E-state index contributed by atoms with van der Waals surface area (Å²) in [5, 5.41) is 9.17. The fraction of sp³-hybridized carbons (Fsp3) is 0.524. The first kappa shape index (κ1) is 22.8. The fourth-order valence-electron chi connectivity index (χ4n) is 4.69. The molecule has 32 heavy (non-hydrogen) atoms. The number of carbonyl (C=O) groups is 1. The second kappa shape index (κ2) is 8.17. The van der Waals surface area contributed by atoms with E-state index in [9.17, 15) is 19.1 Å². The van der Waals surface area contributed by atoms with E-state index in [-0.39, 0.29) is 40.8 Å². The maximum Gasteiger partial charge on any atom is 0.341 e. The molecule has 5 rings (SSSR count). The van der Waals surface area contributed by atoms with Gasteiger partial charge in [0.2, 0.25) is 5.43 Å². The summed E-state index contributed by atoms with van der Waals surface area (Å²) in [4.78, 5) is 31.3. The van der Waals surface area contributed by atoms with E-state index in [4.69, 9.17) is 15.3 Å². The van der Waals surface area contributed by atoms with Gasteiger partial charge < -0.3 is 25.3 Å². The lowest BCUT2D eigenvalue weighted by atomic mass is 9.91. The molecule has 3 fully saturated rings. The molecular formula is C21H24ClF2N3O5. The topological polar surface area (TPSA) is 107 Å². The first-order valence-electron chi connectivity index (χ1n) is 10.4. The lowest BCUT2D eigenvalue weighted by Crippen LogP contribution is -2.44. The van der Waals surface area contributed by atoms with Gasteiger partial charge in [-0.2, -0.15) is 9.12 Å². The van der Waals surface area contributed by atoms with Crippen molar-refractivity contribution in [3.05, 3.63) is 39.9 Å². The number of carboxylic acid groups (broad SMARTS) is 1. The van der Waals surface area contributed by atoms with Crippen molar-refractivity contribution in [3.8, 4) is 0 Å². The van der Waals surface area contributed by atoms with Crippen LogP contribution in [0, 0.1) is 17.7 Å². The van der Waals surface area contributed by atoms with Crippen molar-refractivity contribution >= 4 is 35.0 Å². The number of aromatic nitrogens is 1. The Morgan fingerprint density at radius 2 is 2.12 bits per heavy atom. The lowest BCUT2D eigenvalue weighted by molar-refractivity contribution is -0.0564. The highest BCUT2D eigenvalue weighted by molar-refractivity contribution is 5.93. The van der Waals surface area contributed by atoms with Crippen molar-refractivity contribution < 1.29 is 28.3 Å². The van der Waals surface area contributed by atoms with Crippen molar-refractivity contribution in [1.29, 1.82) is 0 Å². The number of halogens is 3. The van der Waals surface area contributed by atoms with Crippen LogP contribution in [-0.4, -0.2) is 54.0 Å². The molecule has 3 atom stereocenters. The predicted molar refractivity (Wildman–Crippen MR) is 115 cm³/mol. The van der Waals surface area contributed by atoms with Gasteiger partial charge in [-0.3, -0.25) is 4.79 Å². The van der Waals surface area contributed by atoms with Gasteiger partial charge in [-0.05, 0) is 31.4 Å². The van der Waals surface area contributed by atoms with Gasteiger partial charge >= 0.3 is 5.97 Å². The van der Waals surface area contributed by atoms with Crippen LogP contribution in [0.25, 0.3) is 10.9 Å². The van der Waals surface area contributed by atoms with Crippen LogP contribution in [0.1, 0.15) is 29.6 Å². The normalized spacial score (nSPS) is 25.5. The lowest BCUT2D eigenvalue weighted by Gasteiger charge is -2.27. The van der Waals surface area contributed by atoms with Crippen LogP contribution in [0.5, 0.6) is 0 Å². The summed E-state index contributed by atoms with van der Waals surface area (Å²) in [5.41, 5.74) is 4.25. The Labute approximate surface area is 188 Å². The maximum absolute atomic E-state index is 15.1. The highest BCUT2D eigenvalue weighted by Gasteiger charge is 2.50. The van der Waals surface area contributed by atoms with E-state index in [0.717, 1.165) is 23.4 Å². The minimum Gasteiger partial charge on any atom is -0.477 e. The van der Waals surface area contributed by atoms with Crippen molar-refractivity contribution in [1.82, 2.24) is 4.73 Å². The summed E-state index contributed by atoms with van der Waals surface area (Å²) in [7, 11) is 0. The van der Waals surface area contributed by atoms with Crippen LogP contribution < -0.4 is 20.9 Å². The second-order valence-corrected chi connectivity index (χ2v) is 8.60. The molecule has 1 aliphatic carbocycles. The summed E-state index contributed by atoms with van der Waals surface area (Å²) in [6.45, 7) is 1.85. The highest BCUT2D eigenvalue weighted by atomic mass is 35.5. The number of hydrogen-bond donors (Lipinski definition) is 2. The SMILES string of the molecule is Cl.NCC12CN(c3cc4c(cc3F)c(=O)c(C(=O)O)cn4OC(F)C3CC3)C[C@H]1CCO2. The molecular weight excluding hydrogens is 448 g/mol. The number of anilines is 1. The van der Waals surface area contributed by atoms with Crippen LogP contribution >= 0.6 is 12.4 Å². The molecule has 1 aromatic heterocycles. The number of carboxylic acids is 1. The molecule has 174 valence electrons. The standard InChI is InChI=1S/C21H23F2N3O5.ClH/c22-15-5-13-16(6-17(15)25-7-12-3-4-30-21(12,9-24)10-25)26(31-19(23)11-1-2-11)8-14(18(13)27)20(28)29;/h5-6,8,11-12,19H,1-4,7,9-10,24H2,(H,28,29);1H/t12-,19?,21?;/m1./s1. The first-order valence-corrected chi connectivity index (χ1v) is 10.4. The zero-order valence-corrected chi connectivity index (χ0v) is 17.9. The summed E-state index contributed by atoms with van der Waals surface area (Å²) in [6.07, 6.45) is 1.46. The van der Waals surface area contributed by atoms with Gasteiger partial charge in [-0.1, -0.05) is 0 Å². The Kier molecular flexibility index (Phi) is 5.81. The Bertz CT molecular complexity index is 1120. The highest BCUT2D eigenvalue weighted by Crippen LogP contribution is 2.41. The van der Waals surface area contributed by atoms with E-state index in [0.29, 0.717) is 39.1 Å². The largest absolute Gasteiger partial charge is 0.477 e. The van der Waals surface area contributed by atoms with Gasteiger partial charge in [-0.25, -0.2) is 9.18 Å². The van der Waals surface area contributed by atoms with Crippen LogP contribution in [-0.2, 0) is 4.74 Å². The molecule has 11 heteroatoms. The Hall–Kier alpha value is -2.43. The number of aromatic carboxylic acids is 1. The minimum absolute atomic E-state index is 0. The number of benzene rings is 1. The molecule has 0 bridgehead atoms. The Morgan fingerprint density at radius 3 is 2.75 bits per heavy atom. The average Bonchev–Trinajstić information content (AvgIpc) is 3.42. The number of ether oxygens (including phenoxy) is 1. The van der Waals surface area contributed by atoms with Crippen LogP contribution in [0.4, 0.5) is 14.5 Å². The number of hydrogen-bond acceptors (Lipinski definition) is 6. The van der Waals surface area contributed by atoms with E-state index < -0.39 is 34.7 Å². The molecule has 2 unspecified atom stereocenters. The molecule has 0 amide bonds. The number of pyridine rings is 1. The number of alkyl halides is 1. The predicted octanol–water partition coefficient (Wildman–Crippen LogP) is 1.95. The van der Waals surface area contributed by atoms with Gasteiger partial charge in [0, 0.05) is 38.1 Å². The molecule has 8 nitrogen and oxygen atoms in total. The zero-order valence-electron chi connectivity index (χ0n) is 17.1. The fourth-order valence-corrected chi connectivity index (χ4v) is 4.69. The monoisotopic (exact) mass is 471 g/mol. The summed E-state index contributed by atoms with van der Waals surface area (Å²) < 4.78 is 36.3. The Morgan fingerprint density at radius 1 is 1.38 bits per heavy atom. The third kappa shape index (κ3) is 3.60. The minimum atomic E-state index is -1.65. The average molecular weight is 472 g/mol. The van der Waals surface area contributed by atoms with Crippen molar-refractivity contribution in [2.45, 2.75) is 31.2 Å². The molecule has 2 aromatic rings. The molecule has 3 N–H and O–H groups in total. The van der Waals surface area contributed by atoms with Gasteiger partial charge in [-0.15, -0.1) is 12.4 Å². The summed E-state index contributed by atoms with van der Waals surface area (Å²) >= 11 is 0. The molecule has 0 spiro atoms. The number of fused-ring (bicyclic) bond motifs is 2. The molecule has 1 aromatic carbocycles. The third-order valence-corrected chi connectivity index (χ3v) is 6.66. The van der Waals surface area contributed by atoms with Gasteiger partial charge in [0.25, 0.3) is 6.36 Å². The molecule has 0 radical (unpaired) electrons.